The minimum atomic E-state index is -0.415. The van der Waals surface area contributed by atoms with Gasteiger partial charge in [0.15, 0.2) is 10.9 Å². The SMILES string of the molecule is Cc1cc(C(=O)COC(=O)CSc2nnc(NC3CCCCC3)s2)c(C)n1C1CC1. The predicted molar refractivity (Wildman–Crippen MR) is 119 cm³/mol. The van der Waals surface area contributed by atoms with Crippen molar-refractivity contribution in [3.8, 4) is 0 Å². The van der Waals surface area contributed by atoms with E-state index < -0.39 is 5.97 Å². The summed E-state index contributed by atoms with van der Waals surface area (Å²) in [4.78, 5) is 24.6. The molecule has 0 atom stereocenters. The van der Waals surface area contributed by atoms with Crippen LogP contribution in [0.25, 0.3) is 0 Å². The number of nitrogens with zero attached hydrogens (tertiary/aromatic N) is 3. The van der Waals surface area contributed by atoms with Gasteiger partial charge in [-0.3, -0.25) is 9.59 Å². The van der Waals surface area contributed by atoms with Crippen molar-refractivity contribution in [2.75, 3.05) is 17.7 Å². The van der Waals surface area contributed by atoms with E-state index in [1.165, 1.54) is 68.0 Å². The van der Waals surface area contributed by atoms with Crippen LogP contribution in [0.3, 0.4) is 0 Å². The van der Waals surface area contributed by atoms with Crippen molar-refractivity contribution in [1.29, 1.82) is 0 Å². The lowest BCUT2D eigenvalue weighted by atomic mass is 9.96. The summed E-state index contributed by atoms with van der Waals surface area (Å²) in [5.74, 6) is -0.448. The fourth-order valence-corrected chi connectivity index (χ4v) is 5.71. The Morgan fingerprint density at radius 1 is 1.20 bits per heavy atom. The highest BCUT2D eigenvalue weighted by Crippen LogP contribution is 2.38. The molecule has 7 nitrogen and oxygen atoms in total. The molecule has 2 aliphatic rings. The number of hydrogen-bond donors (Lipinski definition) is 1. The fraction of sp³-hybridized carbons (Fsp3) is 0.619. The summed E-state index contributed by atoms with van der Waals surface area (Å²) < 4.78 is 8.16. The minimum Gasteiger partial charge on any atom is -0.457 e. The number of ether oxygens (including phenoxy) is 1. The number of aryl methyl sites for hydroxylation is 1. The van der Waals surface area contributed by atoms with Crippen molar-refractivity contribution in [3.63, 3.8) is 0 Å². The van der Waals surface area contributed by atoms with E-state index in [0.717, 1.165) is 20.9 Å². The number of rotatable bonds is 9. The maximum atomic E-state index is 12.5. The van der Waals surface area contributed by atoms with Crippen LogP contribution in [-0.4, -0.2) is 44.9 Å². The van der Waals surface area contributed by atoms with Crippen molar-refractivity contribution in [2.24, 2.45) is 0 Å². The van der Waals surface area contributed by atoms with E-state index >= 15 is 0 Å². The van der Waals surface area contributed by atoms with Crippen molar-refractivity contribution in [2.45, 2.75) is 75.2 Å². The Balaban J connectivity index is 1.22. The van der Waals surface area contributed by atoms with E-state index in [1.807, 2.05) is 19.9 Å². The smallest absolute Gasteiger partial charge is 0.316 e. The molecule has 1 N–H and O–H groups in total. The average molecular weight is 449 g/mol. The molecule has 2 aromatic heterocycles. The largest absolute Gasteiger partial charge is 0.457 e. The van der Waals surface area contributed by atoms with E-state index in [4.69, 9.17) is 4.74 Å². The average Bonchev–Trinajstić information content (AvgIpc) is 3.39. The number of carbonyl (C=O) groups excluding carboxylic acids is 2. The summed E-state index contributed by atoms with van der Waals surface area (Å²) in [5.41, 5.74) is 2.72. The molecular weight excluding hydrogens is 420 g/mol. The van der Waals surface area contributed by atoms with Crippen molar-refractivity contribution in [3.05, 3.63) is 23.0 Å². The van der Waals surface area contributed by atoms with E-state index in [9.17, 15) is 9.59 Å². The van der Waals surface area contributed by atoms with Crippen molar-refractivity contribution in [1.82, 2.24) is 14.8 Å². The molecule has 2 saturated carbocycles. The zero-order valence-electron chi connectivity index (χ0n) is 17.5. The van der Waals surface area contributed by atoms with E-state index in [-0.39, 0.29) is 18.1 Å². The molecular formula is C21H28N4O3S2. The highest BCUT2D eigenvalue weighted by molar-refractivity contribution is 8.01. The zero-order chi connectivity index (χ0) is 21.1. The standard InChI is InChI=1S/C21H28N4O3S2/c1-13-10-17(14(2)25(13)16-8-9-16)18(26)11-28-19(27)12-29-21-24-23-20(30-21)22-15-6-4-3-5-7-15/h10,15-16H,3-9,11-12H2,1-2H3,(H,22,23). The molecule has 0 saturated heterocycles. The summed E-state index contributed by atoms with van der Waals surface area (Å²) >= 11 is 2.75. The van der Waals surface area contributed by atoms with Gasteiger partial charge in [0.05, 0.1) is 5.75 Å². The highest BCUT2D eigenvalue weighted by Gasteiger charge is 2.28. The van der Waals surface area contributed by atoms with Crippen molar-refractivity contribution < 1.29 is 14.3 Å². The number of ketones is 1. The number of aromatic nitrogens is 3. The fourth-order valence-electron chi connectivity index (χ4n) is 4.09. The van der Waals surface area contributed by atoms with Gasteiger partial charge in [-0.2, -0.15) is 0 Å². The van der Waals surface area contributed by atoms with E-state index in [1.54, 1.807) is 0 Å². The molecule has 9 heteroatoms. The molecule has 0 unspecified atom stereocenters. The molecule has 0 aromatic carbocycles. The lowest BCUT2D eigenvalue weighted by molar-refractivity contribution is -0.139. The summed E-state index contributed by atoms with van der Waals surface area (Å²) in [7, 11) is 0. The van der Waals surface area contributed by atoms with Gasteiger partial charge < -0.3 is 14.6 Å². The second kappa shape index (κ2) is 9.51. The Hall–Kier alpha value is -1.87. The Labute approximate surface area is 185 Å². The van der Waals surface area contributed by atoms with E-state index in [0.29, 0.717) is 17.6 Å². The molecule has 162 valence electrons. The second-order valence-electron chi connectivity index (χ2n) is 8.11. The van der Waals surface area contributed by atoms with Gasteiger partial charge >= 0.3 is 5.97 Å². The Morgan fingerprint density at radius 2 is 1.97 bits per heavy atom. The third kappa shape index (κ3) is 5.24. The Kier molecular flexibility index (Phi) is 6.77. The molecule has 0 aliphatic heterocycles. The normalized spacial score (nSPS) is 17.1. The van der Waals surface area contributed by atoms with E-state index in [2.05, 4.69) is 20.1 Å². The maximum absolute atomic E-state index is 12.5. The van der Waals surface area contributed by atoms with Crippen LogP contribution in [-0.2, 0) is 9.53 Å². The predicted octanol–water partition coefficient (Wildman–Crippen LogP) is 4.55. The van der Waals surface area contributed by atoms with Gasteiger partial charge in [0.2, 0.25) is 10.9 Å². The number of hydrogen-bond acceptors (Lipinski definition) is 8. The zero-order valence-corrected chi connectivity index (χ0v) is 19.1. The number of nitrogens with one attached hydrogen (secondary N) is 1. The molecule has 2 fully saturated rings. The third-order valence-corrected chi connectivity index (χ3v) is 7.68. The molecule has 30 heavy (non-hydrogen) atoms. The van der Waals surface area contributed by atoms with Gasteiger partial charge in [0.25, 0.3) is 0 Å². The Morgan fingerprint density at radius 3 is 2.70 bits per heavy atom. The molecule has 2 heterocycles. The third-order valence-electron chi connectivity index (χ3n) is 5.71. The lowest BCUT2D eigenvalue weighted by Gasteiger charge is -2.21. The summed E-state index contributed by atoms with van der Waals surface area (Å²) in [6.07, 6.45) is 8.50. The van der Waals surface area contributed by atoms with Crippen LogP contribution in [0, 0.1) is 13.8 Å². The highest BCUT2D eigenvalue weighted by atomic mass is 32.2. The van der Waals surface area contributed by atoms with Gasteiger partial charge in [-0.15, -0.1) is 10.2 Å². The first kappa shape index (κ1) is 21.4. The van der Waals surface area contributed by atoms with Crippen LogP contribution in [0.2, 0.25) is 0 Å². The van der Waals surface area contributed by atoms with Crippen LogP contribution < -0.4 is 5.32 Å². The molecule has 2 aromatic rings. The van der Waals surface area contributed by atoms with Gasteiger partial charge in [-0.25, -0.2) is 0 Å². The number of thioether (sulfide) groups is 1. The minimum absolute atomic E-state index is 0.117. The number of carbonyl (C=O) groups is 2. The number of esters is 1. The maximum Gasteiger partial charge on any atom is 0.316 e. The monoisotopic (exact) mass is 448 g/mol. The quantitative estimate of drug-likeness (QED) is 0.342. The van der Waals surface area contributed by atoms with Gasteiger partial charge in [0.1, 0.15) is 0 Å². The first-order valence-corrected chi connectivity index (χ1v) is 12.4. The van der Waals surface area contributed by atoms with Crippen LogP contribution in [0.4, 0.5) is 5.13 Å². The lowest BCUT2D eigenvalue weighted by Crippen LogP contribution is -2.21. The Bertz CT molecular complexity index is 913. The van der Waals surface area contributed by atoms with Gasteiger partial charge in [-0.1, -0.05) is 42.4 Å². The number of Topliss-reactive ketones (excluding diaryl/α,β-unsaturated/α-hetero) is 1. The summed E-state index contributed by atoms with van der Waals surface area (Å²) in [5, 5.41) is 12.5. The first-order valence-electron chi connectivity index (χ1n) is 10.6. The molecule has 0 bridgehead atoms. The molecule has 0 radical (unpaired) electrons. The van der Waals surface area contributed by atoms with Crippen LogP contribution in [0.15, 0.2) is 10.4 Å². The number of anilines is 1. The second-order valence-corrected chi connectivity index (χ2v) is 10.3. The van der Waals surface area contributed by atoms with Crippen LogP contribution in [0.5, 0.6) is 0 Å². The van der Waals surface area contributed by atoms with Gasteiger partial charge in [-0.05, 0) is 45.6 Å². The van der Waals surface area contributed by atoms with Crippen LogP contribution in [0.1, 0.15) is 72.7 Å². The van der Waals surface area contributed by atoms with Crippen molar-refractivity contribution >= 4 is 40.0 Å². The molecule has 2 aliphatic carbocycles. The van der Waals surface area contributed by atoms with Crippen LogP contribution >= 0.6 is 23.1 Å². The first-order chi connectivity index (χ1) is 14.5. The van der Waals surface area contributed by atoms with Gasteiger partial charge in [0, 0.05) is 29.0 Å². The molecule has 4 rings (SSSR count). The molecule has 0 amide bonds. The topological polar surface area (TPSA) is 86.1 Å². The molecule has 0 spiro atoms. The summed E-state index contributed by atoms with van der Waals surface area (Å²) in [6, 6.07) is 2.90. The summed E-state index contributed by atoms with van der Waals surface area (Å²) in [6.45, 7) is 3.76.